The first-order chi connectivity index (χ1) is 12.0. The number of hydrogen-bond acceptors (Lipinski definition) is 4. The van der Waals surface area contributed by atoms with Crippen molar-refractivity contribution in [3.63, 3.8) is 0 Å². The van der Waals surface area contributed by atoms with Crippen LogP contribution in [0.1, 0.15) is 38.3 Å². The highest BCUT2D eigenvalue weighted by Crippen LogP contribution is 2.19. The van der Waals surface area contributed by atoms with Crippen LogP contribution in [0.2, 0.25) is 0 Å². The third kappa shape index (κ3) is 5.20. The van der Waals surface area contributed by atoms with Crippen LogP contribution in [0.15, 0.2) is 30.3 Å². The van der Waals surface area contributed by atoms with Gasteiger partial charge in [-0.05, 0) is 32.3 Å². The van der Waals surface area contributed by atoms with Crippen molar-refractivity contribution in [3.8, 4) is 0 Å². The van der Waals surface area contributed by atoms with Crippen molar-refractivity contribution < 1.29 is 19.1 Å². The van der Waals surface area contributed by atoms with Crippen molar-refractivity contribution in [1.82, 2.24) is 15.5 Å². The Balaban J connectivity index is 1.90. The summed E-state index contributed by atoms with van der Waals surface area (Å²) >= 11 is 0. The second kappa shape index (κ2) is 9.05. The van der Waals surface area contributed by atoms with E-state index in [-0.39, 0.29) is 25.1 Å². The molecule has 1 aromatic rings. The van der Waals surface area contributed by atoms with Gasteiger partial charge in [-0.25, -0.2) is 4.79 Å². The molecule has 3 amide bonds. The molecule has 1 aromatic carbocycles. The SMILES string of the molecule is CCOC(=O)CNC(=O)N1CCCC1C(=O)NC(C)c1ccccc1. The third-order valence-corrected chi connectivity index (χ3v) is 4.16. The Labute approximate surface area is 147 Å². The minimum absolute atomic E-state index is 0.140. The fourth-order valence-corrected chi connectivity index (χ4v) is 2.88. The molecular formula is C18H25N3O4. The summed E-state index contributed by atoms with van der Waals surface area (Å²) in [4.78, 5) is 37.6. The topological polar surface area (TPSA) is 87.7 Å². The van der Waals surface area contributed by atoms with Gasteiger partial charge in [0.2, 0.25) is 5.91 Å². The summed E-state index contributed by atoms with van der Waals surface area (Å²) in [6.45, 7) is 4.17. The zero-order chi connectivity index (χ0) is 18.2. The van der Waals surface area contributed by atoms with Gasteiger partial charge in [-0.2, -0.15) is 0 Å². The molecule has 0 saturated carbocycles. The number of amides is 3. The fraction of sp³-hybridized carbons (Fsp3) is 0.500. The van der Waals surface area contributed by atoms with Gasteiger partial charge in [0.15, 0.2) is 0 Å². The van der Waals surface area contributed by atoms with Crippen molar-refractivity contribution in [2.75, 3.05) is 19.7 Å². The number of carbonyl (C=O) groups excluding carboxylic acids is 3. The van der Waals surface area contributed by atoms with Gasteiger partial charge in [0.1, 0.15) is 12.6 Å². The molecule has 0 spiro atoms. The maximum absolute atomic E-state index is 12.6. The Morgan fingerprint density at radius 2 is 2.00 bits per heavy atom. The van der Waals surface area contributed by atoms with Crippen LogP contribution < -0.4 is 10.6 Å². The summed E-state index contributed by atoms with van der Waals surface area (Å²) in [6.07, 6.45) is 1.37. The van der Waals surface area contributed by atoms with Gasteiger partial charge in [0.25, 0.3) is 0 Å². The molecule has 136 valence electrons. The number of esters is 1. The second-order valence-corrected chi connectivity index (χ2v) is 5.96. The summed E-state index contributed by atoms with van der Waals surface area (Å²) in [6, 6.07) is 8.58. The van der Waals surface area contributed by atoms with Gasteiger partial charge < -0.3 is 20.3 Å². The normalized spacial score (nSPS) is 17.7. The highest BCUT2D eigenvalue weighted by Gasteiger charge is 2.34. The lowest BCUT2D eigenvalue weighted by molar-refractivity contribution is -0.141. The number of benzene rings is 1. The number of urea groups is 1. The molecule has 25 heavy (non-hydrogen) atoms. The van der Waals surface area contributed by atoms with Crippen molar-refractivity contribution in [1.29, 1.82) is 0 Å². The number of carbonyl (C=O) groups is 3. The molecule has 2 unspecified atom stereocenters. The van der Waals surface area contributed by atoms with E-state index in [4.69, 9.17) is 4.74 Å². The minimum Gasteiger partial charge on any atom is -0.465 e. The standard InChI is InChI=1S/C18H25N3O4/c1-3-25-16(22)12-19-18(24)21-11-7-10-15(21)17(23)20-13(2)14-8-5-4-6-9-14/h4-6,8-9,13,15H,3,7,10-12H2,1-2H3,(H,19,24)(H,20,23). The predicted octanol–water partition coefficient (Wildman–Crippen LogP) is 1.60. The molecule has 1 fully saturated rings. The van der Waals surface area contributed by atoms with E-state index in [1.807, 2.05) is 37.3 Å². The molecule has 1 aliphatic rings. The lowest BCUT2D eigenvalue weighted by Crippen LogP contribution is -2.50. The fourth-order valence-electron chi connectivity index (χ4n) is 2.88. The lowest BCUT2D eigenvalue weighted by atomic mass is 10.1. The summed E-state index contributed by atoms with van der Waals surface area (Å²) in [5.74, 6) is -0.672. The number of nitrogens with one attached hydrogen (secondary N) is 2. The van der Waals surface area contributed by atoms with Gasteiger partial charge in [-0.3, -0.25) is 9.59 Å². The smallest absolute Gasteiger partial charge is 0.325 e. The minimum atomic E-state index is -0.520. The first-order valence-electron chi connectivity index (χ1n) is 8.58. The number of nitrogens with zero attached hydrogens (tertiary/aromatic N) is 1. The first-order valence-corrected chi connectivity index (χ1v) is 8.58. The highest BCUT2D eigenvalue weighted by molar-refractivity contribution is 5.89. The highest BCUT2D eigenvalue weighted by atomic mass is 16.5. The van der Waals surface area contributed by atoms with E-state index in [0.29, 0.717) is 13.0 Å². The Morgan fingerprint density at radius 1 is 1.28 bits per heavy atom. The molecule has 0 aromatic heterocycles. The molecule has 0 radical (unpaired) electrons. The van der Waals surface area contributed by atoms with Crippen LogP contribution in [0, 0.1) is 0 Å². The molecule has 0 bridgehead atoms. The summed E-state index contributed by atoms with van der Waals surface area (Å²) in [7, 11) is 0. The molecule has 2 rings (SSSR count). The Hall–Kier alpha value is -2.57. The molecule has 7 heteroatoms. The maximum atomic E-state index is 12.6. The van der Waals surface area contributed by atoms with Crippen LogP contribution in [-0.4, -0.2) is 48.5 Å². The zero-order valence-corrected chi connectivity index (χ0v) is 14.7. The van der Waals surface area contributed by atoms with Gasteiger partial charge in [-0.1, -0.05) is 30.3 Å². The zero-order valence-electron chi connectivity index (χ0n) is 14.7. The van der Waals surface area contributed by atoms with Crippen LogP contribution in [0.3, 0.4) is 0 Å². The average Bonchev–Trinajstić information content (AvgIpc) is 3.10. The van der Waals surface area contributed by atoms with Crippen LogP contribution in [0.25, 0.3) is 0 Å². The van der Waals surface area contributed by atoms with Crippen molar-refractivity contribution >= 4 is 17.9 Å². The molecule has 2 atom stereocenters. The molecule has 1 saturated heterocycles. The molecule has 7 nitrogen and oxygen atoms in total. The van der Waals surface area contributed by atoms with E-state index in [9.17, 15) is 14.4 Å². The Morgan fingerprint density at radius 3 is 2.68 bits per heavy atom. The van der Waals surface area contributed by atoms with Crippen LogP contribution in [0.4, 0.5) is 4.79 Å². The third-order valence-electron chi connectivity index (χ3n) is 4.16. The van der Waals surface area contributed by atoms with E-state index in [1.165, 1.54) is 4.90 Å². The molecule has 2 N–H and O–H groups in total. The summed E-state index contributed by atoms with van der Waals surface area (Å²) < 4.78 is 4.78. The summed E-state index contributed by atoms with van der Waals surface area (Å²) in [5, 5.41) is 5.47. The molecular weight excluding hydrogens is 322 g/mol. The average molecular weight is 347 g/mol. The van der Waals surface area contributed by atoms with Gasteiger partial charge in [-0.15, -0.1) is 0 Å². The lowest BCUT2D eigenvalue weighted by Gasteiger charge is -2.25. The maximum Gasteiger partial charge on any atom is 0.325 e. The summed E-state index contributed by atoms with van der Waals surface area (Å²) in [5.41, 5.74) is 1.01. The Kier molecular flexibility index (Phi) is 6.80. The van der Waals surface area contributed by atoms with E-state index in [0.717, 1.165) is 12.0 Å². The van der Waals surface area contributed by atoms with Gasteiger partial charge in [0.05, 0.1) is 12.6 Å². The van der Waals surface area contributed by atoms with Crippen molar-refractivity contribution in [2.45, 2.75) is 38.8 Å². The van der Waals surface area contributed by atoms with Crippen molar-refractivity contribution in [3.05, 3.63) is 35.9 Å². The number of rotatable bonds is 6. The number of likely N-dealkylation sites (tertiary alicyclic amines) is 1. The van der Waals surface area contributed by atoms with E-state index >= 15 is 0 Å². The quantitative estimate of drug-likeness (QED) is 0.765. The molecule has 0 aliphatic carbocycles. The van der Waals surface area contributed by atoms with Gasteiger partial charge >= 0.3 is 12.0 Å². The second-order valence-electron chi connectivity index (χ2n) is 5.96. The first kappa shape index (κ1) is 18.8. The monoisotopic (exact) mass is 347 g/mol. The number of hydrogen-bond donors (Lipinski definition) is 2. The number of ether oxygens (including phenoxy) is 1. The largest absolute Gasteiger partial charge is 0.465 e. The van der Waals surface area contributed by atoms with E-state index in [1.54, 1.807) is 6.92 Å². The van der Waals surface area contributed by atoms with E-state index < -0.39 is 18.0 Å². The van der Waals surface area contributed by atoms with Crippen molar-refractivity contribution in [2.24, 2.45) is 0 Å². The predicted molar refractivity (Wildman–Crippen MR) is 92.8 cm³/mol. The molecule has 1 aliphatic heterocycles. The van der Waals surface area contributed by atoms with Crippen LogP contribution >= 0.6 is 0 Å². The van der Waals surface area contributed by atoms with Gasteiger partial charge in [0, 0.05) is 6.54 Å². The van der Waals surface area contributed by atoms with E-state index in [2.05, 4.69) is 10.6 Å². The Bertz CT molecular complexity index is 606. The van der Waals surface area contributed by atoms with Crippen LogP contribution in [-0.2, 0) is 14.3 Å². The van der Waals surface area contributed by atoms with Crippen LogP contribution in [0.5, 0.6) is 0 Å². The molecule has 1 heterocycles.